The molecule has 0 aromatic heterocycles. The van der Waals surface area contributed by atoms with Crippen molar-refractivity contribution in [2.75, 3.05) is 13.1 Å². The number of rotatable bonds is 6. The molecule has 0 fully saturated rings. The lowest BCUT2D eigenvalue weighted by Gasteiger charge is -2.17. The lowest BCUT2D eigenvalue weighted by Crippen LogP contribution is -2.31. The smallest absolute Gasteiger partial charge is 0.0674 e. The molecule has 0 saturated carbocycles. The van der Waals surface area contributed by atoms with Crippen molar-refractivity contribution in [3.8, 4) is 0 Å². The Hall–Kier alpha value is -0.0800. The van der Waals surface area contributed by atoms with E-state index in [1.807, 2.05) is 0 Å². The van der Waals surface area contributed by atoms with E-state index in [4.69, 9.17) is 4.74 Å². The Labute approximate surface area is 76.7 Å². The lowest BCUT2D eigenvalue weighted by molar-refractivity contribution is 0.0193. The van der Waals surface area contributed by atoms with Gasteiger partial charge in [0.05, 0.1) is 12.2 Å². The largest absolute Gasteiger partial charge is 0.375 e. The van der Waals surface area contributed by atoms with E-state index in [1.165, 1.54) is 0 Å². The molecule has 1 N–H and O–H groups in total. The topological polar surface area (TPSA) is 21.3 Å². The summed E-state index contributed by atoms with van der Waals surface area (Å²) >= 11 is 0. The maximum absolute atomic E-state index is 5.57. The third kappa shape index (κ3) is 8.02. The molecule has 0 aromatic carbocycles. The SMILES string of the molecule is CC(C)CNCC(C)OC(C)C. The Morgan fingerprint density at radius 2 is 1.58 bits per heavy atom. The van der Waals surface area contributed by atoms with Crippen molar-refractivity contribution in [1.29, 1.82) is 0 Å². The molecule has 1 atom stereocenters. The summed E-state index contributed by atoms with van der Waals surface area (Å²) in [6.07, 6.45) is 0.657. The first kappa shape index (κ1) is 11.9. The molecule has 0 heterocycles. The average Bonchev–Trinajstić information content (AvgIpc) is 1.84. The van der Waals surface area contributed by atoms with Crippen LogP contribution in [0.2, 0.25) is 0 Å². The van der Waals surface area contributed by atoms with Crippen LogP contribution in [0.5, 0.6) is 0 Å². The Morgan fingerprint density at radius 1 is 1.00 bits per heavy atom. The van der Waals surface area contributed by atoms with Gasteiger partial charge in [0, 0.05) is 6.54 Å². The monoisotopic (exact) mass is 173 g/mol. The Bertz CT molecular complexity index is 102. The van der Waals surface area contributed by atoms with Crippen molar-refractivity contribution >= 4 is 0 Å². The van der Waals surface area contributed by atoms with Crippen molar-refractivity contribution in [3.63, 3.8) is 0 Å². The average molecular weight is 173 g/mol. The summed E-state index contributed by atoms with van der Waals surface area (Å²) in [5.41, 5.74) is 0. The van der Waals surface area contributed by atoms with Gasteiger partial charge in [0.25, 0.3) is 0 Å². The Balaban J connectivity index is 3.25. The first-order valence-electron chi connectivity index (χ1n) is 4.88. The third-order valence-electron chi connectivity index (χ3n) is 1.49. The lowest BCUT2D eigenvalue weighted by atomic mass is 10.2. The van der Waals surface area contributed by atoms with Crippen molar-refractivity contribution in [2.24, 2.45) is 5.92 Å². The zero-order valence-corrected chi connectivity index (χ0v) is 9.05. The second-order valence-corrected chi connectivity index (χ2v) is 4.05. The van der Waals surface area contributed by atoms with Crippen molar-refractivity contribution in [3.05, 3.63) is 0 Å². The van der Waals surface area contributed by atoms with Crippen molar-refractivity contribution in [2.45, 2.75) is 46.8 Å². The highest BCUT2D eigenvalue weighted by Gasteiger charge is 2.03. The van der Waals surface area contributed by atoms with Gasteiger partial charge in [-0.25, -0.2) is 0 Å². The molecule has 0 aliphatic heterocycles. The van der Waals surface area contributed by atoms with Gasteiger partial charge >= 0.3 is 0 Å². The number of hydrogen-bond donors (Lipinski definition) is 1. The highest BCUT2D eigenvalue weighted by molar-refractivity contribution is 4.58. The fourth-order valence-electron chi connectivity index (χ4n) is 1.09. The van der Waals surface area contributed by atoms with Crippen LogP contribution in [-0.4, -0.2) is 25.3 Å². The molecule has 0 radical (unpaired) electrons. The summed E-state index contributed by atoms with van der Waals surface area (Å²) in [5.74, 6) is 0.719. The van der Waals surface area contributed by atoms with Crippen LogP contribution < -0.4 is 5.32 Å². The van der Waals surface area contributed by atoms with Gasteiger partial charge in [0.1, 0.15) is 0 Å². The number of ether oxygens (including phenoxy) is 1. The molecule has 0 aliphatic carbocycles. The van der Waals surface area contributed by atoms with E-state index in [-0.39, 0.29) is 0 Å². The molecule has 0 saturated heterocycles. The number of nitrogens with one attached hydrogen (secondary N) is 1. The molecule has 0 amide bonds. The van der Waals surface area contributed by atoms with Crippen molar-refractivity contribution < 1.29 is 4.74 Å². The maximum atomic E-state index is 5.57. The van der Waals surface area contributed by atoms with Crippen LogP contribution in [0.15, 0.2) is 0 Å². The predicted octanol–water partition coefficient (Wildman–Crippen LogP) is 2.05. The molecule has 0 rings (SSSR count). The second-order valence-electron chi connectivity index (χ2n) is 4.05. The molecule has 0 spiro atoms. The quantitative estimate of drug-likeness (QED) is 0.663. The zero-order chi connectivity index (χ0) is 9.56. The summed E-state index contributed by atoms with van der Waals surface area (Å²) < 4.78 is 5.57. The first-order chi connectivity index (χ1) is 5.52. The van der Waals surface area contributed by atoms with Gasteiger partial charge in [-0.05, 0) is 33.2 Å². The summed E-state index contributed by atoms with van der Waals surface area (Å²) in [7, 11) is 0. The van der Waals surface area contributed by atoms with E-state index in [1.54, 1.807) is 0 Å². The molecular formula is C10H23NO. The Kier molecular flexibility index (Phi) is 6.39. The minimum atomic E-state index is 0.323. The summed E-state index contributed by atoms with van der Waals surface area (Å²) in [4.78, 5) is 0. The second kappa shape index (κ2) is 6.44. The molecule has 0 aromatic rings. The molecular weight excluding hydrogens is 150 g/mol. The number of hydrogen-bond acceptors (Lipinski definition) is 2. The molecule has 12 heavy (non-hydrogen) atoms. The fourth-order valence-corrected chi connectivity index (χ4v) is 1.09. The van der Waals surface area contributed by atoms with E-state index < -0.39 is 0 Å². The van der Waals surface area contributed by atoms with Crippen LogP contribution in [0.1, 0.15) is 34.6 Å². The minimum Gasteiger partial charge on any atom is -0.375 e. The molecule has 0 bridgehead atoms. The van der Waals surface area contributed by atoms with Crippen LogP contribution in [0, 0.1) is 5.92 Å². The van der Waals surface area contributed by atoms with E-state index in [0.717, 1.165) is 19.0 Å². The molecule has 2 heteroatoms. The molecule has 1 unspecified atom stereocenters. The van der Waals surface area contributed by atoms with Gasteiger partial charge in [-0.15, -0.1) is 0 Å². The minimum absolute atomic E-state index is 0.323. The standard InChI is InChI=1S/C10H23NO/c1-8(2)6-11-7-10(5)12-9(3)4/h8-11H,6-7H2,1-5H3. The van der Waals surface area contributed by atoms with Gasteiger partial charge in [-0.1, -0.05) is 13.8 Å². The highest BCUT2D eigenvalue weighted by atomic mass is 16.5. The van der Waals surface area contributed by atoms with Gasteiger partial charge in [0.15, 0.2) is 0 Å². The van der Waals surface area contributed by atoms with Crippen LogP contribution in [0.4, 0.5) is 0 Å². The normalized spacial score (nSPS) is 14.2. The van der Waals surface area contributed by atoms with Crippen LogP contribution in [0.25, 0.3) is 0 Å². The van der Waals surface area contributed by atoms with Gasteiger partial charge in [-0.3, -0.25) is 0 Å². The van der Waals surface area contributed by atoms with Gasteiger partial charge in [0.2, 0.25) is 0 Å². The van der Waals surface area contributed by atoms with E-state index >= 15 is 0 Å². The predicted molar refractivity (Wildman–Crippen MR) is 53.4 cm³/mol. The van der Waals surface area contributed by atoms with E-state index in [2.05, 4.69) is 39.9 Å². The summed E-state index contributed by atoms with van der Waals surface area (Å²) in [6, 6.07) is 0. The summed E-state index contributed by atoms with van der Waals surface area (Å²) in [5, 5.41) is 3.36. The van der Waals surface area contributed by atoms with Crippen LogP contribution in [0.3, 0.4) is 0 Å². The first-order valence-corrected chi connectivity index (χ1v) is 4.88. The van der Waals surface area contributed by atoms with E-state index in [9.17, 15) is 0 Å². The zero-order valence-electron chi connectivity index (χ0n) is 9.05. The van der Waals surface area contributed by atoms with Crippen molar-refractivity contribution in [1.82, 2.24) is 5.32 Å². The third-order valence-corrected chi connectivity index (χ3v) is 1.49. The summed E-state index contributed by atoms with van der Waals surface area (Å²) in [6.45, 7) is 12.7. The molecule has 0 aliphatic rings. The van der Waals surface area contributed by atoms with Crippen LogP contribution >= 0.6 is 0 Å². The maximum Gasteiger partial charge on any atom is 0.0674 e. The highest BCUT2D eigenvalue weighted by Crippen LogP contribution is 1.95. The van der Waals surface area contributed by atoms with Crippen LogP contribution in [-0.2, 0) is 4.74 Å². The van der Waals surface area contributed by atoms with Gasteiger partial charge < -0.3 is 10.1 Å². The Morgan fingerprint density at radius 3 is 2.00 bits per heavy atom. The van der Waals surface area contributed by atoms with E-state index in [0.29, 0.717) is 12.2 Å². The fraction of sp³-hybridized carbons (Fsp3) is 1.00. The molecule has 74 valence electrons. The molecule has 2 nitrogen and oxygen atoms in total. The van der Waals surface area contributed by atoms with Gasteiger partial charge in [-0.2, -0.15) is 0 Å².